The maximum Gasteiger partial charge on any atom is 0.352 e. The van der Waals surface area contributed by atoms with Crippen LogP contribution in [0.15, 0.2) is 50.8 Å². The molecule has 2 unspecified atom stereocenters. The van der Waals surface area contributed by atoms with Gasteiger partial charge in [-0.2, -0.15) is 0 Å². The van der Waals surface area contributed by atoms with Gasteiger partial charge >= 0.3 is 5.97 Å². The maximum atomic E-state index is 13.5. The van der Waals surface area contributed by atoms with Gasteiger partial charge in [-0.05, 0) is 29.8 Å². The van der Waals surface area contributed by atoms with E-state index in [2.05, 4.69) is 4.98 Å². The van der Waals surface area contributed by atoms with Crippen LogP contribution in [0.25, 0.3) is 22.6 Å². The first-order valence-electron chi connectivity index (χ1n) is 13.0. The first-order chi connectivity index (χ1) is 20.1. The molecule has 0 saturated carbocycles. The monoisotopic (exact) mass is 611 g/mol. The Bertz CT molecular complexity index is 1700. The second-order valence-electron chi connectivity index (χ2n) is 10.0. The van der Waals surface area contributed by atoms with E-state index in [9.17, 15) is 34.2 Å². The number of carbonyl (C=O) groups excluding carboxylic acids is 3. The van der Waals surface area contributed by atoms with Gasteiger partial charge in [0.25, 0.3) is 5.91 Å². The molecule has 3 amide bonds. The van der Waals surface area contributed by atoms with E-state index in [1.54, 1.807) is 4.90 Å². The Morgan fingerprint density at radius 3 is 2.57 bits per heavy atom. The number of hydrogen-bond acceptors (Lipinski definition) is 11. The average Bonchev–Trinajstić information content (AvgIpc) is 2.99. The number of aromatic nitrogens is 1. The number of hydrogen-bond donors (Lipinski definition) is 3. The lowest BCUT2D eigenvalue weighted by Gasteiger charge is -2.48. The Morgan fingerprint density at radius 2 is 1.83 bits per heavy atom. The number of carboxylic acids is 1. The lowest BCUT2D eigenvalue weighted by molar-refractivity contribution is -0.147. The van der Waals surface area contributed by atoms with E-state index in [0.717, 1.165) is 0 Å². The number of nitrogens with zero attached hydrogens (tertiary/aromatic N) is 4. The molecule has 4 aliphatic heterocycles. The number of rotatable bonds is 6. The van der Waals surface area contributed by atoms with Crippen molar-refractivity contribution in [2.45, 2.75) is 11.4 Å². The molecule has 2 fully saturated rings. The van der Waals surface area contributed by atoms with Crippen molar-refractivity contribution in [3.63, 3.8) is 0 Å². The van der Waals surface area contributed by atoms with Crippen molar-refractivity contribution in [1.29, 1.82) is 0 Å². The topological polar surface area (TPSA) is 188 Å². The predicted octanol–water partition coefficient (Wildman–Crippen LogP) is 0.597. The number of fused-ring (bicyclic) bond motifs is 3. The largest absolute Gasteiger partial charge is 0.507 e. The number of benzene rings is 2. The highest BCUT2D eigenvalue weighted by molar-refractivity contribution is 8.01. The molecule has 13 nitrogen and oxygen atoms in total. The summed E-state index contributed by atoms with van der Waals surface area (Å²) in [7, 11) is 0. The number of carboxylic acid groups (broad SMARTS) is 1. The number of aromatic hydroxyl groups is 1. The standard InChI is InChI=1S/C27H25N5O8S2/c28-21-25(37)32-22(27(38)39)13(11-42-26(21)32)10-41-12-19(35)30-5-7-31(8-6-30)24(36)20-17(34)4-3-16-23(20)40-18-9-14(33)1-2-15(18)29-16/h1-4,9,21,26,34H,5-8,10-12,28H2,(H,38,39). The number of carbonyl (C=O) groups is 4. The molecule has 218 valence electrons. The van der Waals surface area contributed by atoms with E-state index in [1.165, 1.54) is 63.7 Å². The minimum absolute atomic E-state index is 0.0439. The molecule has 1 aliphatic carbocycles. The summed E-state index contributed by atoms with van der Waals surface area (Å²) < 4.78 is 5.85. The molecule has 1 aromatic carbocycles. The predicted molar refractivity (Wildman–Crippen MR) is 154 cm³/mol. The first kappa shape index (κ1) is 28.1. The molecule has 6 rings (SSSR count). The van der Waals surface area contributed by atoms with Gasteiger partial charge in [-0.3, -0.25) is 24.1 Å². The molecule has 4 heterocycles. The van der Waals surface area contributed by atoms with Crippen molar-refractivity contribution in [2.75, 3.05) is 43.4 Å². The van der Waals surface area contributed by atoms with E-state index >= 15 is 0 Å². The summed E-state index contributed by atoms with van der Waals surface area (Å²) in [6, 6.07) is 6.35. The van der Waals surface area contributed by atoms with Crippen molar-refractivity contribution in [3.05, 3.63) is 57.4 Å². The molecule has 0 spiro atoms. The maximum absolute atomic E-state index is 13.5. The van der Waals surface area contributed by atoms with Gasteiger partial charge in [-0.15, -0.1) is 23.5 Å². The van der Waals surface area contributed by atoms with Crippen LogP contribution in [0, 0.1) is 0 Å². The summed E-state index contributed by atoms with van der Waals surface area (Å²) in [4.78, 5) is 70.9. The van der Waals surface area contributed by atoms with Gasteiger partial charge < -0.3 is 30.2 Å². The van der Waals surface area contributed by atoms with E-state index < -0.39 is 23.8 Å². The molecule has 15 heteroatoms. The lowest BCUT2D eigenvalue weighted by atomic mass is 10.0. The van der Waals surface area contributed by atoms with Crippen molar-refractivity contribution < 1.29 is 33.8 Å². The van der Waals surface area contributed by atoms with Gasteiger partial charge in [0.1, 0.15) is 39.6 Å². The summed E-state index contributed by atoms with van der Waals surface area (Å²) in [6.45, 7) is 0.992. The molecule has 4 N–H and O–H groups in total. The SMILES string of the molecule is NC1C(=O)N2C(C(=O)O)=C(CSCC(=O)N3CCN(C(=O)c4c(O)ccc5nc6ccc(=O)cc-6oc45)CC3)CSC12. The Morgan fingerprint density at radius 1 is 1.10 bits per heavy atom. The number of β-lactam (4-membered cyclic amide) rings is 1. The van der Waals surface area contributed by atoms with Crippen LogP contribution in [0.1, 0.15) is 10.4 Å². The molecule has 2 saturated heterocycles. The number of nitrogens with two attached hydrogens (primary N) is 1. The summed E-state index contributed by atoms with van der Waals surface area (Å²) >= 11 is 2.69. The Hall–Kier alpha value is -4.08. The van der Waals surface area contributed by atoms with Crippen LogP contribution >= 0.6 is 23.5 Å². The minimum atomic E-state index is -1.19. The zero-order valence-corrected chi connectivity index (χ0v) is 23.7. The highest BCUT2D eigenvalue weighted by Crippen LogP contribution is 2.40. The third kappa shape index (κ3) is 4.86. The molecule has 1 aromatic rings. The van der Waals surface area contributed by atoms with E-state index in [4.69, 9.17) is 10.2 Å². The van der Waals surface area contributed by atoms with Gasteiger partial charge in [0.15, 0.2) is 16.8 Å². The van der Waals surface area contributed by atoms with Crippen LogP contribution < -0.4 is 11.2 Å². The Balaban J connectivity index is 1.09. The molecule has 5 aliphatic rings. The Kier molecular flexibility index (Phi) is 7.32. The van der Waals surface area contributed by atoms with E-state index in [1.807, 2.05) is 0 Å². The zero-order valence-electron chi connectivity index (χ0n) is 22.0. The first-order valence-corrected chi connectivity index (χ1v) is 15.2. The molecular weight excluding hydrogens is 586 g/mol. The second-order valence-corrected chi connectivity index (χ2v) is 12.1. The van der Waals surface area contributed by atoms with E-state index in [0.29, 0.717) is 22.5 Å². The normalized spacial score (nSPS) is 20.6. The van der Waals surface area contributed by atoms with Crippen LogP contribution in [0.3, 0.4) is 0 Å². The van der Waals surface area contributed by atoms with Crippen LogP contribution in [0.2, 0.25) is 0 Å². The molecule has 42 heavy (non-hydrogen) atoms. The van der Waals surface area contributed by atoms with Crippen molar-refractivity contribution in [3.8, 4) is 17.2 Å². The van der Waals surface area contributed by atoms with Gasteiger partial charge in [-0.1, -0.05) is 0 Å². The number of piperazine rings is 1. The lowest BCUT2D eigenvalue weighted by Crippen LogP contribution is -2.68. The highest BCUT2D eigenvalue weighted by Gasteiger charge is 2.51. The van der Waals surface area contributed by atoms with Gasteiger partial charge in [0.05, 0.1) is 5.75 Å². The quantitative estimate of drug-likeness (QED) is 0.261. The third-order valence-corrected chi connectivity index (χ3v) is 9.79. The van der Waals surface area contributed by atoms with Gasteiger partial charge in [0.2, 0.25) is 11.8 Å². The van der Waals surface area contributed by atoms with Gasteiger partial charge in [0, 0.05) is 43.8 Å². The number of phenols is 1. The van der Waals surface area contributed by atoms with Crippen molar-refractivity contribution in [1.82, 2.24) is 19.7 Å². The number of amides is 3. The summed E-state index contributed by atoms with van der Waals surface area (Å²) in [5.74, 6) is -1.52. The molecular formula is C27H25N5O8S2. The minimum Gasteiger partial charge on any atom is -0.507 e. The second kappa shape index (κ2) is 11.0. The molecule has 2 atom stereocenters. The van der Waals surface area contributed by atoms with Crippen molar-refractivity contribution >= 4 is 58.3 Å². The number of aliphatic carboxylic acids is 1. The van der Waals surface area contributed by atoms with Gasteiger partial charge in [-0.25, -0.2) is 9.78 Å². The van der Waals surface area contributed by atoms with Crippen LogP contribution in [0.4, 0.5) is 0 Å². The fourth-order valence-corrected chi connectivity index (χ4v) is 7.60. The number of thioether (sulfide) groups is 2. The van der Waals surface area contributed by atoms with E-state index in [-0.39, 0.29) is 82.7 Å². The summed E-state index contributed by atoms with van der Waals surface area (Å²) in [6.07, 6.45) is 0. The summed E-state index contributed by atoms with van der Waals surface area (Å²) in [5, 5.41) is 19.9. The zero-order chi connectivity index (χ0) is 29.7. The fraction of sp³-hybridized carbons (Fsp3) is 0.333. The van der Waals surface area contributed by atoms with Crippen LogP contribution in [-0.4, -0.2) is 108 Å². The smallest absolute Gasteiger partial charge is 0.352 e. The third-order valence-electron chi connectivity index (χ3n) is 7.43. The summed E-state index contributed by atoms with van der Waals surface area (Å²) in [5.41, 5.74) is 6.83. The van der Waals surface area contributed by atoms with Crippen molar-refractivity contribution in [2.24, 2.45) is 5.73 Å². The Labute approximate surface area is 246 Å². The molecule has 0 aromatic heterocycles. The molecule has 0 bridgehead atoms. The van der Waals surface area contributed by atoms with Crippen LogP contribution in [-0.2, 0) is 14.4 Å². The average molecular weight is 612 g/mol. The fourth-order valence-electron chi connectivity index (χ4n) is 5.23. The van der Waals surface area contributed by atoms with Crippen LogP contribution in [0.5, 0.6) is 5.75 Å². The number of phenolic OH excluding ortho intramolecular Hbond substituents is 1. The molecule has 0 radical (unpaired) electrons. The highest BCUT2D eigenvalue weighted by atomic mass is 32.2.